The standard InChI is InChI=1S/C20H16N2O2S/c23-25(24,18-4-2-1-3-5-18)19-8-6-16(7-9-19)15-22-13-11-17-10-12-21-14-20(17)22/h1-14H,15H2. The molecule has 2 heterocycles. The first-order valence-corrected chi connectivity index (χ1v) is 9.41. The zero-order valence-corrected chi connectivity index (χ0v) is 14.2. The number of sulfone groups is 1. The normalized spacial score (nSPS) is 11.7. The van der Waals surface area contributed by atoms with Crippen LogP contribution in [0.5, 0.6) is 0 Å². The van der Waals surface area contributed by atoms with Gasteiger partial charge in [0.05, 0.1) is 21.5 Å². The maximum atomic E-state index is 12.6. The van der Waals surface area contributed by atoms with E-state index in [9.17, 15) is 8.42 Å². The van der Waals surface area contributed by atoms with Gasteiger partial charge in [-0.25, -0.2) is 8.42 Å². The van der Waals surface area contributed by atoms with E-state index in [1.54, 1.807) is 48.7 Å². The molecule has 0 N–H and O–H groups in total. The molecule has 4 aromatic rings. The number of fused-ring (bicyclic) bond motifs is 1. The predicted molar refractivity (Wildman–Crippen MR) is 97.2 cm³/mol. The highest BCUT2D eigenvalue weighted by Gasteiger charge is 2.16. The van der Waals surface area contributed by atoms with Crippen molar-refractivity contribution in [3.8, 4) is 0 Å². The molecule has 0 aliphatic rings. The molecule has 0 fully saturated rings. The first kappa shape index (κ1) is 15.6. The minimum absolute atomic E-state index is 0.307. The minimum atomic E-state index is -3.47. The maximum Gasteiger partial charge on any atom is 0.206 e. The first-order valence-electron chi connectivity index (χ1n) is 7.92. The Labute approximate surface area is 146 Å². The Morgan fingerprint density at radius 1 is 0.840 bits per heavy atom. The van der Waals surface area contributed by atoms with Crippen LogP contribution in [0.4, 0.5) is 0 Å². The zero-order valence-electron chi connectivity index (χ0n) is 13.4. The predicted octanol–water partition coefficient (Wildman–Crippen LogP) is 3.92. The SMILES string of the molecule is O=S(=O)(c1ccccc1)c1ccc(Cn2ccc3ccncc32)cc1. The van der Waals surface area contributed by atoms with Crippen LogP contribution in [0.25, 0.3) is 10.9 Å². The van der Waals surface area contributed by atoms with Gasteiger partial charge in [-0.15, -0.1) is 0 Å². The van der Waals surface area contributed by atoms with Crippen LogP contribution in [0, 0.1) is 0 Å². The Hall–Kier alpha value is -2.92. The van der Waals surface area contributed by atoms with Crippen molar-refractivity contribution in [2.24, 2.45) is 0 Å². The van der Waals surface area contributed by atoms with Crippen molar-refractivity contribution in [3.05, 3.63) is 90.9 Å². The third-order valence-electron chi connectivity index (χ3n) is 4.22. The lowest BCUT2D eigenvalue weighted by Gasteiger charge is -2.08. The number of hydrogen-bond acceptors (Lipinski definition) is 3. The van der Waals surface area contributed by atoms with Crippen molar-refractivity contribution in [1.82, 2.24) is 9.55 Å². The molecule has 0 radical (unpaired) electrons. The van der Waals surface area contributed by atoms with E-state index in [0.29, 0.717) is 16.3 Å². The molecule has 2 aromatic carbocycles. The van der Waals surface area contributed by atoms with E-state index in [1.807, 2.05) is 36.7 Å². The summed E-state index contributed by atoms with van der Waals surface area (Å²) in [4.78, 5) is 4.78. The quantitative estimate of drug-likeness (QED) is 0.562. The van der Waals surface area contributed by atoms with Crippen LogP contribution in [-0.2, 0) is 16.4 Å². The zero-order chi connectivity index (χ0) is 17.3. The van der Waals surface area contributed by atoms with Gasteiger partial charge in [0.15, 0.2) is 0 Å². The van der Waals surface area contributed by atoms with Gasteiger partial charge in [-0.05, 0) is 42.0 Å². The van der Waals surface area contributed by atoms with Crippen LogP contribution < -0.4 is 0 Å². The fourth-order valence-corrected chi connectivity index (χ4v) is 4.15. The number of rotatable bonds is 4. The summed E-state index contributed by atoms with van der Waals surface area (Å²) in [5, 5.41) is 1.14. The highest BCUT2D eigenvalue weighted by molar-refractivity contribution is 7.91. The van der Waals surface area contributed by atoms with Gasteiger partial charge >= 0.3 is 0 Å². The molecule has 0 amide bonds. The largest absolute Gasteiger partial charge is 0.342 e. The van der Waals surface area contributed by atoms with Crippen molar-refractivity contribution in [3.63, 3.8) is 0 Å². The monoisotopic (exact) mass is 348 g/mol. The fourth-order valence-electron chi connectivity index (χ4n) is 2.87. The second-order valence-electron chi connectivity index (χ2n) is 5.84. The van der Waals surface area contributed by atoms with Crippen LogP contribution >= 0.6 is 0 Å². The highest BCUT2D eigenvalue weighted by Crippen LogP contribution is 2.22. The first-order chi connectivity index (χ1) is 12.1. The van der Waals surface area contributed by atoms with Crippen LogP contribution in [0.3, 0.4) is 0 Å². The molecule has 25 heavy (non-hydrogen) atoms. The molecule has 2 aromatic heterocycles. The van der Waals surface area contributed by atoms with Gasteiger partial charge in [0.2, 0.25) is 9.84 Å². The lowest BCUT2D eigenvalue weighted by Crippen LogP contribution is -2.03. The van der Waals surface area contributed by atoms with Crippen molar-refractivity contribution in [2.45, 2.75) is 16.3 Å². The molecule has 0 aliphatic heterocycles. The van der Waals surface area contributed by atoms with Gasteiger partial charge in [0.25, 0.3) is 0 Å². The lowest BCUT2D eigenvalue weighted by atomic mass is 10.2. The van der Waals surface area contributed by atoms with Crippen molar-refractivity contribution in [2.75, 3.05) is 0 Å². The number of pyridine rings is 1. The van der Waals surface area contributed by atoms with Crippen LogP contribution in [0.1, 0.15) is 5.56 Å². The Morgan fingerprint density at radius 2 is 1.56 bits per heavy atom. The van der Waals surface area contributed by atoms with E-state index in [2.05, 4.69) is 9.55 Å². The third-order valence-corrected chi connectivity index (χ3v) is 6.00. The van der Waals surface area contributed by atoms with Crippen molar-refractivity contribution >= 4 is 20.7 Å². The second kappa shape index (κ2) is 6.18. The van der Waals surface area contributed by atoms with Gasteiger partial charge in [0.1, 0.15) is 0 Å². The van der Waals surface area contributed by atoms with Crippen LogP contribution in [0.2, 0.25) is 0 Å². The molecule has 0 bridgehead atoms. The minimum Gasteiger partial charge on any atom is -0.342 e. The van der Waals surface area contributed by atoms with Gasteiger partial charge in [-0.2, -0.15) is 0 Å². The third kappa shape index (κ3) is 2.94. The van der Waals surface area contributed by atoms with Gasteiger partial charge in [-0.1, -0.05) is 30.3 Å². The Kier molecular flexibility index (Phi) is 3.86. The molecular formula is C20H16N2O2S. The molecule has 0 aliphatic carbocycles. The Balaban J connectivity index is 1.62. The summed E-state index contributed by atoms with van der Waals surface area (Å²) >= 11 is 0. The lowest BCUT2D eigenvalue weighted by molar-refractivity contribution is 0.596. The number of hydrogen-bond donors (Lipinski definition) is 0. The van der Waals surface area contributed by atoms with Gasteiger partial charge in [0, 0.05) is 24.3 Å². The molecule has 0 unspecified atom stereocenters. The average molecular weight is 348 g/mol. The molecular weight excluding hydrogens is 332 g/mol. The van der Waals surface area contributed by atoms with Crippen molar-refractivity contribution < 1.29 is 8.42 Å². The molecule has 0 atom stereocenters. The van der Waals surface area contributed by atoms with Gasteiger partial charge in [-0.3, -0.25) is 4.98 Å². The Bertz CT molecular complexity index is 1120. The average Bonchev–Trinajstić information content (AvgIpc) is 3.06. The second-order valence-corrected chi connectivity index (χ2v) is 7.79. The molecule has 4 rings (SSSR count). The van der Waals surface area contributed by atoms with E-state index < -0.39 is 9.84 Å². The summed E-state index contributed by atoms with van der Waals surface area (Å²) in [6.45, 7) is 0.668. The Morgan fingerprint density at radius 3 is 2.32 bits per heavy atom. The summed E-state index contributed by atoms with van der Waals surface area (Å²) in [7, 11) is -3.47. The highest BCUT2D eigenvalue weighted by atomic mass is 32.2. The van der Waals surface area contributed by atoms with E-state index in [1.165, 1.54) is 0 Å². The molecule has 124 valence electrons. The molecule has 0 spiro atoms. The number of aromatic nitrogens is 2. The summed E-state index contributed by atoms with van der Waals surface area (Å²) in [5.41, 5.74) is 2.09. The summed E-state index contributed by atoms with van der Waals surface area (Å²) in [5.74, 6) is 0. The topological polar surface area (TPSA) is 52.0 Å². The van der Waals surface area contributed by atoms with E-state index in [4.69, 9.17) is 0 Å². The molecule has 5 heteroatoms. The van der Waals surface area contributed by atoms with E-state index in [0.717, 1.165) is 16.5 Å². The number of nitrogens with zero attached hydrogens (tertiary/aromatic N) is 2. The summed E-state index contributed by atoms with van der Waals surface area (Å²) in [6, 6.07) is 19.6. The van der Waals surface area contributed by atoms with Crippen LogP contribution in [0.15, 0.2) is 95.1 Å². The fraction of sp³-hybridized carbons (Fsp3) is 0.0500. The smallest absolute Gasteiger partial charge is 0.206 e. The van der Waals surface area contributed by atoms with Crippen molar-refractivity contribution in [1.29, 1.82) is 0 Å². The summed E-state index contributed by atoms with van der Waals surface area (Å²) < 4.78 is 27.3. The molecule has 0 saturated heterocycles. The van der Waals surface area contributed by atoms with Gasteiger partial charge < -0.3 is 4.57 Å². The van der Waals surface area contributed by atoms with Crippen LogP contribution in [-0.4, -0.2) is 18.0 Å². The van der Waals surface area contributed by atoms with E-state index >= 15 is 0 Å². The molecule has 0 saturated carbocycles. The molecule has 4 nitrogen and oxygen atoms in total. The maximum absolute atomic E-state index is 12.6. The number of benzene rings is 2. The summed E-state index contributed by atoms with van der Waals surface area (Å²) in [6.07, 6.45) is 5.63. The van der Waals surface area contributed by atoms with E-state index in [-0.39, 0.29) is 0 Å².